The van der Waals surface area contributed by atoms with E-state index in [0.29, 0.717) is 34.3 Å². The zero-order valence-corrected chi connectivity index (χ0v) is 68.7. The van der Waals surface area contributed by atoms with E-state index in [0.717, 1.165) is 96.0 Å². The average molecular weight is 1440 g/mol. The summed E-state index contributed by atoms with van der Waals surface area (Å²) in [7, 11) is 0. The molecule has 3 nitrogen and oxygen atoms in total. The van der Waals surface area contributed by atoms with Crippen molar-refractivity contribution in [3.05, 3.63) is 176 Å². The van der Waals surface area contributed by atoms with E-state index in [4.69, 9.17) is 14.2 Å². The second-order valence-corrected chi connectivity index (χ2v) is 33.1. The molecule has 12 rings (SSSR count). The molecular formula is C96H164F4O3. The van der Waals surface area contributed by atoms with Crippen LogP contribution >= 0.6 is 0 Å². The van der Waals surface area contributed by atoms with Gasteiger partial charge in [0.25, 0.3) is 0 Å². The number of aryl methyl sites for hydroxylation is 10. The molecule has 5 aromatic rings. The quantitative estimate of drug-likeness (QED) is 0.145. The van der Waals surface area contributed by atoms with E-state index in [-0.39, 0.29) is 40.2 Å². The fourth-order valence-corrected chi connectivity index (χ4v) is 12.3. The number of benzene rings is 5. The van der Waals surface area contributed by atoms with Crippen molar-refractivity contribution in [2.45, 2.75) is 342 Å². The van der Waals surface area contributed by atoms with Gasteiger partial charge >= 0.3 is 0 Å². The number of hydrogen-bond donors (Lipinski definition) is 0. The van der Waals surface area contributed by atoms with Crippen molar-refractivity contribution in [2.24, 2.45) is 71.0 Å². The summed E-state index contributed by atoms with van der Waals surface area (Å²) in [4.78, 5) is 0. The maximum Gasteiger partial charge on any atom is 0.161 e. The molecule has 0 radical (unpaired) electrons. The third kappa shape index (κ3) is 54.0. The lowest BCUT2D eigenvalue weighted by Crippen LogP contribution is -2.27. The van der Waals surface area contributed by atoms with Gasteiger partial charge in [-0.25, -0.2) is 17.6 Å². The minimum atomic E-state index is -0.736. The normalized spacial score (nSPS) is 25.7. The van der Waals surface area contributed by atoms with Crippen LogP contribution in [0.5, 0.6) is 0 Å². The lowest BCUT2D eigenvalue weighted by molar-refractivity contribution is -0.187. The fraction of sp³-hybridized carbons (Fsp3) is 0.688. The van der Waals surface area contributed by atoms with Gasteiger partial charge in [0.15, 0.2) is 17.9 Å². The van der Waals surface area contributed by atoms with Gasteiger partial charge in [0.05, 0.1) is 19.3 Å². The molecule has 2 atom stereocenters. The first-order chi connectivity index (χ1) is 47.1. The van der Waals surface area contributed by atoms with Crippen LogP contribution in [0.3, 0.4) is 0 Å². The topological polar surface area (TPSA) is 27.7 Å². The number of rotatable bonds is 0. The molecule has 103 heavy (non-hydrogen) atoms. The van der Waals surface area contributed by atoms with Crippen LogP contribution in [0.2, 0.25) is 0 Å². The molecule has 594 valence electrons. The van der Waals surface area contributed by atoms with Crippen LogP contribution in [0, 0.1) is 164 Å². The largest absolute Gasteiger partial charge is 0.378 e. The van der Waals surface area contributed by atoms with Crippen LogP contribution in [0.15, 0.2) is 97.1 Å². The van der Waals surface area contributed by atoms with Crippen molar-refractivity contribution in [3.63, 3.8) is 0 Å². The second kappa shape index (κ2) is 59.7. The summed E-state index contributed by atoms with van der Waals surface area (Å²) in [5.41, 5.74) is 9.38. The monoisotopic (exact) mass is 1440 g/mol. The SMILES string of the molecule is C.C.C.CC1CCC(C)CC1.CC1CCC(C)CC1.CC1CCC(C)CC1.CC1CCC(C)CC1.CC1CCC(C)CC1.CC1CCC(C)OC1.CC1COC(C)OC1.Cc1ccc(C)c(F)c1.Cc1ccc(C)c(F)c1.Cc1ccc(C)c(F)c1F.Cc1ccc(C)cc1.Cc1ccc(C)cc1. The van der Waals surface area contributed by atoms with E-state index in [9.17, 15) is 17.6 Å². The van der Waals surface area contributed by atoms with Gasteiger partial charge in [-0.15, -0.1) is 0 Å². The van der Waals surface area contributed by atoms with Gasteiger partial charge < -0.3 is 14.2 Å². The summed E-state index contributed by atoms with van der Waals surface area (Å²) in [6.07, 6.45) is 32.6. The molecule has 7 fully saturated rings. The molecule has 5 aromatic carbocycles. The first-order valence-corrected chi connectivity index (χ1v) is 39.9. The Morgan fingerprint density at radius 1 is 0.223 bits per heavy atom. The van der Waals surface area contributed by atoms with Gasteiger partial charge in [-0.2, -0.15) is 0 Å². The average Bonchev–Trinajstić information content (AvgIpc) is 0.865. The Labute approximate surface area is 637 Å². The van der Waals surface area contributed by atoms with E-state index in [2.05, 4.69) is 166 Å². The Bertz CT molecular complexity index is 2330. The second-order valence-electron chi connectivity index (χ2n) is 33.1. The summed E-state index contributed by atoms with van der Waals surface area (Å²) in [5, 5.41) is 0. The third-order valence-electron chi connectivity index (χ3n) is 21.0. The van der Waals surface area contributed by atoms with Crippen molar-refractivity contribution in [1.29, 1.82) is 0 Å². The van der Waals surface area contributed by atoms with Crippen molar-refractivity contribution in [2.75, 3.05) is 19.8 Å². The van der Waals surface area contributed by atoms with Crippen molar-refractivity contribution < 1.29 is 31.8 Å². The third-order valence-corrected chi connectivity index (χ3v) is 21.0. The first-order valence-electron chi connectivity index (χ1n) is 39.9. The maximum atomic E-state index is 12.6. The van der Waals surface area contributed by atoms with Gasteiger partial charge in [0.2, 0.25) is 0 Å². The Balaban J connectivity index is -0.00000106. The fourth-order valence-electron chi connectivity index (χ4n) is 12.3. The molecule has 5 aliphatic carbocycles. The van der Waals surface area contributed by atoms with Crippen LogP contribution in [0.25, 0.3) is 0 Å². The molecular weight excluding hydrogens is 1280 g/mol. The predicted octanol–water partition coefficient (Wildman–Crippen LogP) is 31.0. The van der Waals surface area contributed by atoms with Crippen molar-refractivity contribution in [3.8, 4) is 0 Å². The summed E-state index contributed by atoms with van der Waals surface area (Å²) in [5.74, 6) is 9.87. The molecule has 7 aliphatic rings. The molecule has 2 heterocycles. The highest BCUT2D eigenvalue weighted by Crippen LogP contribution is 2.31. The van der Waals surface area contributed by atoms with Crippen LogP contribution in [0.1, 0.15) is 316 Å². The van der Waals surface area contributed by atoms with Gasteiger partial charge in [-0.1, -0.05) is 341 Å². The van der Waals surface area contributed by atoms with Gasteiger partial charge in [-0.05, 0) is 207 Å². The molecule has 0 spiro atoms. The summed E-state index contributed by atoms with van der Waals surface area (Å²) >= 11 is 0. The lowest BCUT2D eigenvalue weighted by Gasteiger charge is -2.24. The van der Waals surface area contributed by atoms with Crippen molar-refractivity contribution in [1.82, 2.24) is 0 Å². The Kier molecular flexibility index (Phi) is 59.6. The highest BCUT2D eigenvalue weighted by molar-refractivity contribution is 5.25. The van der Waals surface area contributed by atoms with E-state index in [1.54, 1.807) is 38.1 Å². The minimum Gasteiger partial charge on any atom is -0.378 e. The van der Waals surface area contributed by atoms with E-state index in [1.807, 2.05) is 32.9 Å². The predicted molar refractivity (Wildman–Crippen MR) is 448 cm³/mol. The van der Waals surface area contributed by atoms with E-state index in [1.165, 1.54) is 189 Å². The molecule has 2 saturated heterocycles. The van der Waals surface area contributed by atoms with E-state index < -0.39 is 11.6 Å². The molecule has 0 N–H and O–H groups in total. The van der Waals surface area contributed by atoms with Gasteiger partial charge in [0, 0.05) is 12.5 Å². The molecule has 5 saturated carbocycles. The Hall–Kier alpha value is -4.30. The highest BCUT2D eigenvalue weighted by atomic mass is 19.2. The molecule has 2 aliphatic heterocycles. The maximum absolute atomic E-state index is 12.6. The van der Waals surface area contributed by atoms with E-state index >= 15 is 0 Å². The number of ether oxygens (including phenoxy) is 3. The lowest BCUT2D eigenvalue weighted by atomic mass is 9.84. The number of hydrogen-bond acceptors (Lipinski definition) is 3. The van der Waals surface area contributed by atoms with Gasteiger partial charge in [0.1, 0.15) is 11.6 Å². The standard InChI is InChI=1S/C8H8F2.2C8H9F.5C8H16.2C8H10.C7H14O.C6H12O2.3CH4/c1-5-3-4-6(2)8(10)7(5)9;2*1-6-3-4-7(2)8(9)5-6;7*1-7-3-5-8(2)6-4-7;1-6-3-4-7(2)8-5-6;1-5-3-7-6(2)8-4-5;;;/h3-4H,1-2H3;2*3-5H,1-2H3;5*7-8H,3-6H2,1-2H3;2*3-6H,1-2H3;6-7H,3-5H2,1-2H3;5-6H,3-4H2,1-2H3;3*1H4. The first kappa shape index (κ1) is 103. The van der Waals surface area contributed by atoms with Crippen LogP contribution in [0.4, 0.5) is 17.6 Å². The zero-order chi connectivity index (χ0) is 75.3. The van der Waals surface area contributed by atoms with Crippen molar-refractivity contribution >= 4 is 0 Å². The molecule has 0 amide bonds. The zero-order valence-electron chi connectivity index (χ0n) is 68.7. The van der Waals surface area contributed by atoms with Crippen LogP contribution in [-0.4, -0.2) is 32.2 Å². The molecule has 2 unspecified atom stereocenters. The Morgan fingerprint density at radius 2 is 0.408 bits per heavy atom. The summed E-state index contributed by atoms with van der Waals surface area (Å²) < 4.78 is 66.1. The summed E-state index contributed by atoms with van der Waals surface area (Å²) in [6.45, 7) is 53.5. The van der Waals surface area contributed by atoms with Crippen LogP contribution in [-0.2, 0) is 14.2 Å². The summed E-state index contributed by atoms with van der Waals surface area (Å²) in [6, 6.07) is 30.5. The smallest absolute Gasteiger partial charge is 0.161 e. The van der Waals surface area contributed by atoms with Crippen LogP contribution < -0.4 is 0 Å². The molecule has 0 bridgehead atoms. The number of halogens is 4. The minimum absolute atomic E-state index is 0. The highest BCUT2D eigenvalue weighted by Gasteiger charge is 2.18. The Morgan fingerprint density at radius 3 is 0.573 bits per heavy atom. The molecule has 0 aromatic heterocycles. The van der Waals surface area contributed by atoms with Gasteiger partial charge in [-0.3, -0.25) is 0 Å². The molecule has 7 heteroatoms.